The van der Waals surface area contributed by atoms with E-state index in [1.165, 1.54) is 0 Å². The van der Waals surface area contributed by atoms with Gasteiger partial charge in [-0.15, -0.1) is 0 Å². The van der Waals surface area contributed by atoms with Crippen LogP contribution in [0.5, 0.6) is 0 Å². The van der Waals surface area contributed by atoms with Crippen molar-refractivity contribution in [3.63, 3.8) is 0 Å². The third-order valence-corrected chi connectivity index (χ3v) is 3.89. The highest BCUT2D eigenvalue weighted by molar-refractivity contribution is 6.31. The molecule has 6 heteroatoms. The van der Waals surface area contributed by atoms with Crippen LogP contribution in [0.1, 0.15) is 16.2 Å². The molecule has 4 aromatic rings. The number of halogens is 1. The number of hydrogen-bond donors (Lipinski definition) is 2. The van der Waals surface area contributed by atoms with Crippen LogP contribution in [0.3, 0.4) is 0 Å². The zero-order chi connectivity index (χ0) is 16.0. The maximum atomic E-state index is 12.4. The van der Waals surface area contributed by atoms with E-state index in [0.717, 1.165) is 22.2 Å². The van der Waals surface area contributed by atoms with E-state index in [-0.39, 0.29) is 5.91 Å². The molecule has 0 unspecified atom stereocenters. The van der Waals surface area contributed by atoms with Gasteiger partial charge < -0.3 is 14.7 Å². The average Bonchev–Trinajstić information content (AvgIpc) is 3.08. The van der Waals surface area contributed by atoms with Crippen LogP contribution in [0, 0.1) is 6.92 Å². The molecule has 5 nitrogen and oxygen atoms in total. The van der Waals surface area contributed by atoms with Crippen molar-refractivity contribution in [2.45, 2.75) is 6.92 Å². The molecule has 0 saturated carbocycles. The highest BCUT2D eigenvalue weighted by atomic mass is 35.5. The predicted octanol–water partition coefficient (Wildman–Crippen LogP) is 4.03. The Kier molecular flexibility index (Phi) is 3.09. The molecule has 23 heavy (non-hydrogen) atoms. The van der Waals surface area contributed by atoms with E-state index in [1.54, 1.807) is 12.1 Å². The van der Waals surface area contributed by atoms with Gasteiger partial charge in [-0.25, -0.2) is 4.98 Å². The zero-order valence-electron chi connectivity index (χ0n) is 12.3. The standard InChI is InChI=1S/C17H13ClN4O/c1-10-8-22-9-13(3-5-16(22)19-10)20-17(23)15-7-11-6-12(18)2-4-14(11)21-15/h2-9,21H,1H3,(H,20,23). The Labute approximate surface area is 136 Å². The molecule has 0 fully saturated rings. The minimum absolute atomic E-state index is 0.200. The number of benzene rings is 1. The van der Waals surface area contributed by atoms with E-state index in [4.69, 9.17) is 11.6 Å². The second-order valence-electron chi connectivity index (χ2n) is 5.43. The molecule has 0 spiro atoms. The number of pyridine rings is 1. The molecule has 0 aliphatic heterocycles. The molecule has 0 radical (unpaired) electrons. The number of carbonyl (C=O) groups excluding carboxylic acids is 1. The highest BCUT2D eigenvalue weighted by Crippen LogP contribution is 2.21. The lowest BCUT2D eigenvalue weighted by Crippen LogP contribution is -2.12. The van der Waals surface area contributed by atoms with Crippen LogP contribution < -0.4 is 5.32 Å². The Morgan fingerprint density at radius 3 is 2.96 bits per heavy atom. The van der Waals surface area contributed by atoms with Gasteiger partial charge in [-0.2, -0.15) is 0 Å². The average molecular weight is 325 g/mol. The monoisotopic (exact) mass is 324 g/mol. The Hall–Kier alpha value is -2.79. The Morgan fingerprint density at radius 2 is 2.09 bits per heavy atom. The minimum atomic E-state index is -0.200. The van der Waals surface area contributed by atoms with Crippen LogP contribution in [0.2, 0.25) is 5.02 Å². The molecule has 0 aliphatic carbocycles. The number of carbonyl (C=O) groups is 1. The predicted molar refractivity (Wildman–Crippen MR) is 91.2 cm³/mol. The van der Waals surface area contributed by atoms with E-state index in [0.29, 0.717) is 16.4 Å². The summed E-state index contributed by atoms with van der Waals surface area (Å²) in [6, 6.07) is 11.0. The number of H-pyrrole nitrogens is 1. The van der Waals surface area contributed by atoms with Gasteiger partial charge in [0, 0.05) is 28.3 Å². The summed E-state index contributed by atoms with van der Waals surface area (Å²) in [6.07, 6.45) is 3.75. The Bertz CT molecular complexity index is 1050. The van der Waals surface area contributed by atoms with Gasteiger partial charge in [0.1, 0.15) is 11.3 Å². The molecule has 4 rings (SSSR count). The molecular formula is C17H13ClN4O. The number of aromatic amines is 1. The van der Waals surface area contributed by atoms with Crippen molar-refractivity contribution in [2.24, 2.45) is 0 Å². The third kappa shape index (κ3) is 2.55. The highest BCUT2D eigenvalue weighted by Gasteiger charge is 2.10. The second-order valence-corrected chi connectivity index (χ2v) is 5.87. The van der Waals surface area contributed by atoms with Gasteiger partial charge in [-0.1, -0.05) is 11.6 Å². The van der Waals surface area contributed by atoms with Crippen molar-refractivity contribution in [1.29, 1.82) is 0 Å². The van der Waals surface area contributed by atoms with Crippen molar-refractivity contribution in [3.8, 4) is 0 Å². The summed E-state index contributed by atoms with van der Waals surface area (Å²) in [7, 11) is 0. The number of anilines is 1. The van der Waals surface area contributed by atoms with Gasteiger partial charge in [0.05, 0.1) is 11.4 Å². The van der Waals surface area contributed by atoms with E-state index in [2.05, 4.69) is 15.3 Å². The van der Waals surface area contributed by atoms with Crippen molar-refractivity contribution < 1.29 is 4.79 Å². The fourth-order valence-corrected chi connectivity index (χ4v) is 2.80. The number of imidazole rings is 1. The van der Waals surface area contributed by atoms with Crippen LogP contribution in [0.25, 0.3) is 16.6 Å². The number of nitrogens with one attached hydrogen (secondary N) is 2. The van der Waals surface area contributed by atoms with Gasteiger partial charge >= 0.3 is 0 Å². The van der Waals surface area contributed by atoms with E-state index in [1.807, 2.05) is 48.0 Å². The molecular weight excluding hydrogens is 312 g/mol. The van der Waals surface area contributed by atoms with Gasteiger partial charge in [0.25, 0.3) is 5.91 Å². The van der Waals surface area contributed by atoms with E-state index >= 15 is 0 Å². The second kappa shape index (κ2) is 5.14. The van der Waals surface area contributed by atoms with Crippen molar-refractivity contribution in [1.82, 2.24) is 14.4 Å². The van der Waals surface area contributed by atoms with Crippen molar-refractivity contribution in [2.75, 3.05) is 5.32 Å². The maximum absolute atomic E-state index is 12.4. The summed E-state index contributed by atoms with van der Waals surface area (Å²) in [4.78, 5) is 19.9. The van der Waals surface area contributed by atoms with Gasteiger partial charge in [-0.05, 0) is 43.3 Å². The lowest BCUT2D eigenvalue weighted by atomic mass is 10.2. The lowest BCUT2D eigenvalue weighted by molar-refractivity contribution is 0.102. The lowest BCUT2D eigenvalue weighted by Gasteiger charge is -2.04. The normalized spacial score (nSPS) is 11.2. The largest absolute Gasteiger partial charge is 0.351 e. The van der Waals surface area contributed by atoms with Crippen LogP contribution in [-0.4, -0.2) is 20.3 Å². The van der Waals surface area contributed by atoms with E-state index < -0.39 is 0 Å². The fraction of sp³-hybridized carbons (Fsp3) is 0.0588. The van der Waals surface area contributed by atoms with Crippen LogP contribution >= 0.6 is 11.6 Å². The first kappa shape index (κ1) is 13.8. The topological polar surface area (TPSA) is 62.2 Å². The molecule has 0 bridgehead atoms. The first-order valence-electron chi connectivity index (χ1n) is 7.13. The summed E-state index contributed by atoms with van der Waals surface area (Å²) in [5.74, 6) is -0.200. The molecule has 0 aliphatic rings. The quantitative estimate of drug-likeness (QED) is 0.584. The molecule has 2 N–H and O–H groups in total. The first-order chi connectivity index (χ1) is 11.1. The van der Waals surface area contributed by atoms with E-state index in [9.17, 15) is 4.79 Å². The minimum Gasteiger partial charge on any atom is -0.351 e. The van der Waals surface area contributed by atoms with Crippen LogP contribution in [0.15, 0.2) is 48.8 Å². The molecule has 3 aromatic heterocycles. The molecule has 0 atom stereocenters. The Morgan fingerprint density at radius 1 is 1.22 bits per heavy atom. The number of rotatable bonds is 2. The van der Waals surface area contributed by atoms with Crippen molar-refractivity contribution >= 4 is 39.7 Å². The summed E-state index contributed by atoms with van der Waals surface area (Å²) >= 11 is 5.97. The Balaban J connectivity index is 1.64. The number of fused-ring (bicyclic) bond motifs is 2. The molecule has 114 valence electrons. The molecule has 3 heterocycles. The number of nitrogens with zero attached hydrogens (tertiary/aromatic N) is 2. The zero-order valence-corrected chi connectivity index (χ0v) is 13.1. The number of hydrogen-bond acceptors (Lipinski definition) is 2. The summed E-state index contributed by atoms with van der Waals surface area (Å²) in [5, 5.41) is 4.43. The number of aromatic nitrogens is 3. The van der Waals surface area contributed by atoms with Gasteiger partial charge in [-0.3, -0.25) is 4.79 Å². The van der Waals surface area contributed by atoms with Crippen LogP contribution in [0.4, 0.5) is 5.69 Å². The first-order valence-corrected chi connectivity index (χ1v) is 7.51. The van der Waals surface area contributed by atoms with Crippen molar-refractivity contribution in [3.05, 3.63) is 65.2 Å². The maximum Gasteiger partial charge on any atom is 0.272 e. The molecule has 1 amide bonds. The number of amides is 1. The third-order valence-electron chi connectivity index (χ3n) is 3.66. The molecule has 1 aromatic carbocycles. The van der Waals surface area contributed by atoms with Gasteiger partial charge in [0.2, 0.25) is 0 Å². The SMILES string of the molecule is Cc1cn2cc(NC(=O)c3cc4cc(Cl)ccc4[nH]3)ccc2n1. The van der Waals surface area contributed by atoms with Gasteiger partial charge in [0.15, 0.2) is 0 Å². The fourth-order valence-electron chi connectivity index (χ4n) is 2.62. The molecule has 0 saturated heterocycles. The van der Waals surface area contributed by atoms with Crippen LogP contribution in [-0.2, 0) is 0 Å². The number of aryl methyl sites for hydroxylation is 1. The summed E-state index contributed by atoms with van der Waals surface area (Å²) < 4.78 is 1.88. The summed E-state index contributed by atoms with van der Waals surface area (Å²) in [6.45, 7) is 1.93. The smallest absolute Gasteiger partial charge is 0.272 e. The summed E-state index contributed by atoms with van der Waals surface area (Å²) in [5.41, 5.74) is 3.85.